The number of nitrogens with zero attached hydrogens (tertiary/aromatic N) is 2. The van der Waals surface area contributed by atoms with Crippen molar-refractivity contribution in [3.8, 4) is 0 Å². The predicted octanol–water partition coefficient (Wildman–Crippen LogP) is -0.815. The Labute approximate surface area is 100 Å². The normalized spacial score (nSPS) is 12.3. The van der Waals surface area contributed by atoms with Gasteiger partial charge < -0.3 is 10.8 Å². The minimum absolute atomic E-state index is 0.0138. The summed E-state index contributed by atoms with van der Waals surface area (Å²) >= 11 is 0.900. The molecule has 0 radical (unpaired) electrons. The van der Waals surface area contributed by atoms with Crippen molar-refractivity contribution in [2.24, 2.45) is 5.73 Å². The fourth-order valence-electron chi connectivity index (χ4n) is 1.29. The molecule has 0 aromatic carbocycles. The minimum atomic E-state index is -1.01. The number of carboxylic acid groups (broad SMARTS) is 1. The first-order valence-corrected chi connectivity index (χ1v) is 5.70. The summed E-state index contributed by atoms with van der Waals surface area (Å²) in [7, 11) is 0. The lowest BCUT2D eigenvalue weighted by molar-refractivity contribution is -0.134. The van der Waals surface area contributed by atoms with Crippen molar-refractivity contribution in [2.45, 2.75) is 24.5 Å². The molecule has 0 saturated carbocycles. The zero-order valence-corrected chi connectivity index (χ0v) is 9.86. The van der Waals surface area contributed by atoms with E-state index in [2.05, 4.69) is 10.2 Å². The molecule has 1 aromatic rings. The Balaban J connectivity index is 2.89. The monoisotopic (exact) mass is 260 g/mol. The van der Waals surface area contributed by atoms with Gasteiger partial charge >= 0.3 is 11.7 Å². The number of thioether (sulfide) groups is 1. The van der Waals surface area contributed by atoms with Crippen molar-refractivity contribution < 1.29 is 14.7 Å². The van der Waals surface area contributed by atoms with E-state index in [4.69, 9.17) is 10.8 Å². The topological polar surface area (TPSA) is 131 Å². The van der Waals surface area contributed by atoms with Crippen molar-refractivity contribution in [2.75, 3.05) is 5.75 Å². The molecule has 94 valence electrons. The van der Waals surface area contributed by atoms with Gasteiger partial charge in [0.15, 0.2) is 5.16 Å². The molecule has 17 heavy (non-hydrogen) atoms. The van der Waals surface area contributed by atoms with Crippen LogP contribution in [0, 0.1) is 0 Å². The quantitative estimate of drug-likeness (QED) is 0.573. The highest BCUT2D eigenvalue weighted by Crippen LogP contribution is 2.18. The maximum atomic E-state index is 11.4. The van der Waals surface area contributed by atoms with Gasteiger partial charge in [-0.3, -0.25) is 14.2 Å². The average molecular weight is 260 g/mol. The third kappa shape index (κ3) is 3.63. The number of carbonyl (C=O) groups is 2. The van der Waals surface area contributed by atoms with Crippen LogP contribution in [0.1, 0.15) is 19.4 Å². The van der Waals surface area contributed by atoms with Gasteiger partial charge in [0.25, 0.3) is 0 Å². The molecular formula is C8H12N4O4S. The van der Waals surface area contributed by atoms with Crippen LogP contribution < -0.4 is 11.4 Å². The summed E-state index contributed by atoms with van der Waals surface area (Å²) in [4.78, 5) is 32.6. The van der Waals surface area contributed by atoms with Crippen LogP contribution in [0.3, 0.4) is 0 Å². The second-order valence-electron chi connectivity index (χ2n) is 3.38. The van der Waals surface area contributed by atoms with E-state index in [0.717, 1.165) is 11.8 Å². The summed E-state index contributed by atoms with van der Waals surface area (Å²) < 4.78 is 1.22. The van der Waals surface area contributed by atoms with Crippen LogP contribution in [-0.2, 0) is 9.59 Å². The van der Waals surface area contributed by atoms with Gasteiger partial charge in [-0.05, 0) is 6.92 Å². The van der Waals surface area contributed by atoms with Gasteiger partial charge in [0, 0.05) is 12.5 Å². The lowest BCUT2D eigenvalue weighted by Crippen LogP contribution is -2.25. The van der Waals surface area contributed by atoms with E-state index >= 15 is 0 Å². The Morgan fingerprint density at radius 3 is 2.82 bits per heavy atom. The minimum Gasteiger partial charge on any atom is -0.481 e. The van der Waals surface area contributed by atoms with Crippen LogP contribution in [0.4, 0.5) is 0 Å². The molecule has 1 amide bonds. The fraction of sp³-hybridized carbons (Fsp3) is 0.500. The third-order valence-corrected chi connectivity index (χ3v) is 2.87. The molecular weight excluding hydrogens is 248 g/mol. The molecule has 0 spiro atoms. The zero-order chi connectivity index (χ0) is 13.0. The summed E-state index contributed by atoms with van der Waals surface area (Å²) in [5.74, 6) is -1.77. The van der Waals surface area contributed by atoms with Crippen molar-refractivity contribution in [1.82, 2.24) is 14.8 Å². The van der Waals surface area contributed by atoms with E-state index in [1.807, 2.05) is 0 Å². The first kappa shape index (κ1) is 13.3. The summed E-state index contributed by atoms with van der Waals surface area (Å²) in [6.45, 7) is 1.63. The lowest BCUT2D eigenvalue weighted by atomic mass is 10.2. The molecule has 1 unspecified atom stereocenters. The van der Waals surface area contributed by atoms with Crippen LogP contribution in [-0.4, -0.2) is 37.5 Å². The number of aliphatic carboxylic acids is 1. The van der Waals surface area contributed by atoms with Gasteiger partial charge in [-0.1, -0.05) is 11.8 Å². The maximum absolute atomic E-state index is 11.4. The fourth-order valence-corrected chi connectivity index (χ4v) is 2.05. The number of carboxylic acids is 1. The summed E-state index contributed by atoms with van der Waals surface area (Å²) in [6, 6.07) is -0.463. The molecule has 0 aliphatic carbocycles. The molecule has 0 saturated heterocycles. The second kappa shape index (κ2) is 5.53. The molecule has 1 rings (SSSR count). The smallest absolute Gasteiger partial charge is 0.344 e. The number of carbonyl (C=O) groups excluding carboxylic acids is 1. The van der Waals surface area contributed by atoms with E-state index in [9.17, 15) is 14.4 Å². The summed E-state index contributed by atoms with van der Waals surface area (Å²) in [6.07, 6.45) is -0.0138. The van der Waals surface area contributed by atoms with Crippen LogP contribution >= 0.6 is 11.8 Å². The van der Waals surface area contributed by atoms with Crippen LogP contribution in [0.25, 0.3) is 0 Å². The molecule has 1 heterocycles. The Hall–Kier alpha value is -1.77. The summed E-state index contributed by atoms with van der Waals surface area (Å²) in [5, 5.41) is 14.7. The molecule has 1 aromatic heterocycles. The average Bonchev–Trinajstić information content (AvgIpc) is 2.55. The van der Waals surface area contributed by atoms with Crippen molar-refractivity contribution in [1.29, 1.82) is 0 Å². The van der Waals surface area contributed by atoms with Gasteiger partial charge in [-0.15, -0.1) is 5.10 Å². The number of amides is 1. The van der Waals surface area contributed by atoms with Gasteiger partial charge in [0.2, 0.25) is 5.91 Å². The largest absolute Gasteiger partial charge is 0.481 e. The Morgan fingerprint density at radius 2 is 2.29 bits per heavy atom. The van der Waals surface area contributed by atoms with Crippen molar-refractivity contribution in [3.05, 3.63) is 10.5 Å². The van der Waals surface area contributed by atoms with Crippen LogP contribution in [0.15, 0.2) is 9.95 Å². The molecule has 1 atom stereocenters. The molecule has 8 nitrogen and oxygen atoms in total. The number of aromatic nitrogens is 3. The van der Waals surface area contributed by atoms with E-state index in [0.29, 0.717) is 0 Å². The van der Waals surface area contributed by atoms with Gasteiger partial charge in [0.05, 0.1) is 5.75 Å². The highest BCUT2D eigenvalue weighted by atomic mass is 32.2. The third-order valence-electron chi connectivity index (χ3n) is 1.93. The van der Waals surface area contributed by atoms with Crippen molar-refractivity contribution >= 4 is 23.6 Å². The summed E-state index contributed by atoms with van der Waals surface area (Å²) in [5.41, 5.74) is 4.54. The van der Waals surface area contributed by atoms with E-state index in [-0.39, 0.29) is 17.3 Å². The van der Waals surface area contributed by atoms with E-state index in [1.165, 1.54) is 4.57 Å². The first-order chi connectivity index (χ1) is 7.91. The molecule has 0 aliphatic heterocycles. The Bertz CT molecular complexity index is 480. The second-order valence-corrected chi connectivity index (χ2v) is 4.33. The molecule has 0 fully saturated rings. The number of nitrogens with two attached hydrogens (primary N) is 1. The number of aromatic amines is 1. The number of rotatable bonds is 6. The number of primary amides is 1. The molecule has 0 bridgehead atoms. The first-order valence-electron chi connectivity index (χ1n) is 4.71. The van der Waals surface area contributed by atoms with Gasteiger partial charge in [-0.2, -0.15) is 0 Å². The van der Waals surface area contributed by atoms with E-state index < -0.39 is 23.6 Å². The molecule has 4 N–H and O–H groups in total. The van der Waals surface area contributed by atoms with Crippen molar-refractivity contribution in [3.63, 3.8) is 0 Å². The van der Waals surface area contributed by atoms with Crippen LogP contribution in [0.5, 0.6) is 0 Å². The predicted molar refractivity (Wildman–Crippen MR) is 59.7 cm³/mol. The highest BCUT2D eigenvalue weighted by Gasteiger charge is 2.17. The number of H-pyrrole nitrogens is 1. The Morgan fingerprint density at radius 1 is 1.65 bits per heavy atom. The molecule has 9 heteroatoms. The number of hydrogen-bond acceptors (Lipinski definition) is 5. The molecule has 0 aliphatic rings. The lowest BCUT2D eigenvalue weighted by Gasteiger charge is -2.11. The zero-order valence-electron chi connectivity index (χ0n) is 9.04. The number of nitrogens with one attached hydrogen (secondary N) is 1. The van der Waals surface area contributed by atoms with Gasteiger partial charge in [-0.25, -0.2) is 9.89 Å². The highest BCUT2D eigenvalue weighted by molar-refractivity contribution is 7.99. The van der Waals surface area contributed by atoms with Crippen LogP contribution in [0.2, 0.25) is 0 Å². The SMILES string of the molecule is CC(CC(N)=O)n1c(SCC(=O)O)n[nH]c1=O. The Kier molecular flexibility index (Phi) is 4.32. The van der Waals surface area contributed by atoms with E-state index in [1.54, 1.807) is 6.92 Å². The maximum Gasteiger partial charge on any atom is 0.344 e. The number of hydrogen-bond donors (Lipinski definition) is 3. The van der Waals surface area contributed by atoms with Gasteiger partial charge in [0.1, 0.15) is 0 Å². The standard InChI is InChI=1S/C8H12N4O4S/c1-4(2-5(9)13)12-7(16)10-11-8(12)17-3-6(14)15/h4H,2-3H2,1H3,(H2,9,13)(H,10,16)(H,14,15).